The maximum absolute atomic E-state index is 12.9. The minimum atomic E-state index is -1.12. The first-order valence-electron chi connectivity index (χ1n) is 16.1. The predicted molar refractivity (Wildman–Crippen MR) is 186 cm³/mol. The van der Waals surface area contributed by atoms with Crippen LogP contribution in [0.3, 0.4) is 0 Å². The fourth-order valence-electron chi connectivity index (χ4n) is 4.48. The lowest BCUT2D eigenvalue weighted by Gasteiger charge is -2.15. The Hall–Kier alpha value is -5.38. The molecule has 48 heavy (non-hydrogen) atoms. The molecule has 4 N–H and O–H groups in total. The summed E-state index contributed by atoms with van der Waals surface area (Å²) in [6.45, 7) is 8.00. The van der Waals surface area contributed by atoms with Gasteiger partial charge < -0.3 is 21.3 Å². The Morgan fingerprint density at radius 3 is 0.875 bits per heavy atom. The minimum absolute atomic E-state index is 0.234. The molecule has 4 aromatic rings. The van der Waals surface area contributed by atoms with Crippen LogP contribution < -0.4 is 21.3 Å². The lowest BCUT2D eigenvalue weighted by molar-refractivity contribution is -0.132. The summed E-state index contributed by atoms with van der Waals surface area (Å²) in [6, 6.07) is 29.0. The summed E-state index contributed by atoms with van der Waals surface area (Å²) in [6.07, 6.45) is 2.05. The van der Waals surface area contributed by atoms with Crippen molar-refractivity contribution >= 4 is 46.4 Å². The molecule has 8 nitrogen and oxygen atoms in total. The zero-order valence-corrected chi connectivity index (χ0v) is 27.6. The molecule has 6 rings (SSSR count). The Morgan fingerprint density at radius 1 is 0.417 bits per heavy atom. The standard InChI is InChI=1S/C17H14F2N2O2.C17H16N2O2.2C2H6/c18-11-1-5-13(6-2-11)20-15(22)17(9-10-17)16(23)21-14-7-3-12(19)4-8-14;20-15(18-13-7-3-1-4-8-13)17(11-12-17)16(21)19-14-9-5-2-6-10-14;2*1-2/h1-8H,9-10H2,(H,20,22)(H,21,23);1-10H,11-12H2,(H,18,20)(H,19,21);2*1-2H3. The van der Waals surface area contributed by atoms with E-state index < -0.39 is 34.3 Å². The second-order valence-electron chi connectivity index (χ2n) is 10.7. The second-order valence-corrected chi connectivity index (χ2v) is 10.7. The van der Waals surface area contributed by atoms with Crippen LogP contribution in [0.2, 0.25) is 0 Å². The Balaban J connectivity index is 0.000000237. The Morgan fingerprint density at radius 2 is 0.646 bits per heavy atom. The summed E-state index contributed by atoms with van der Waals surface area (Å²) in [5.74, 6) is -2.13. The van der Waals surface area contributed by atoms with Crippen LogP contribution in [-0.2, 0) is 19.2 Å². The van der Waals surface area contributed by atoms with Gasteiger partial charge in [-0.15, -0.1) is 0 Å². The highest BCUT2D eigenvalue weighted by molar-refractivity contribution is 6.17. The van der Waals surface area contributed by atoms with E-state index in [1.165, 1.54) is 48.5 Å². The third-order valence-electron chi connectivity index (χ3n) is 7.51. The van der Waals surface area contributed by atoms with Crippen LogP contribution in [0.4, 0.5) is 31.5 Å². The average Bonchev–Trinajstić information content (AvgIpc) is 4.05. The second kappa shape index (κ2) is 17.5. The van der Waals surface area contributed by atoms with E-state index in [1.807, 2.05) is 88.4 Å². The van der Waals surface area contributed by atoms with Gasteiger partial charge in [0.2, 0.25) is 23.6 Å². The van der Waals surface area contributed by atoms with Gasteiger partial charge in [-0.05, 0) is 98.5 Å². The third-order valence-corrected chi connectivity index (χ3v) is 7.51. The van der Waals surface area contributed by atoms with Gasteiger partial charge in [0.25, 0.3) is 0 Å². The molecule has 252 valence electrons. The van der Waals surface area contributed by atoms with Gasteiger partial charge in [-0.2, -0.15) is 0 Å². The van der Waals surface area contributed by atoms with E-state index in [4.69, 9.17) is 0 Å². The number of halogens is 2. The molecule has 2 aliphatic carbocycles. The van der Waals surface area contributed by atoms with Crippen LogP contribution in [0.1, 0.15) is 53.4 Å². The number of carbonyl (C=O) groups is 4. The first kappa shape index (κ1) is 37.1. The maximum atomic E-state index is 12.9. The van der Waals surface area contributed by atoms with E-state index in [0.717, 1.165) is 0 Å². The van der Waals surface area contributed by atoms with Gasteiger partial charge >= 0.3 is 0 Å². The van der Waals surface area contributed by atoms with Gasteiger partial charge in [0.15, 0.2) is 0 Å². The number of anilines is 4. The van der Waals surface area contributed by atoms with Crippen LogP contribution >= 0.6 is 0 Å². The lowest BCUT2D eigenvalue weighted by atomic mass is 10.0. The zero-order chi connectivity index (χ0) is 35.2. The number of carbonyl (C=O) groups excluding carboxylic acids is 4. The summed E-state index contributed by atoms with van der Waals surface area (Å²) in [7, 11) is 0. The number of hydrogen-bond donors (Lipinski definition) is 4. The van der Waals surface area contributed by atoms with Crippen LogP contribution in [0.15, 0.2) is 109 Å². The summed E-state index contributed by atoms with van der Waals surface area (Å²) in [5.41, 5.74) is 0.228. The molecule has 4 aromatic carbocycles. The molecule has 0 aromatic heterocycles. The van der Waals surface area contributed by atoms with E-state index in [0.29, 0.717) is 48.4 Å². The molecule has 2 saturated carbocycles. The molecule has 0 unspecified atom stereocenters. The monoisotopic (exact) mass is 656 g/mol. The molecule has 0 spiro atoms. The summed E-state index contributed by atoms with van der Waals surface area (Å²) in [5, 5.41) is 10.9. The van der Waals surface area contributed by atoms with E-state index in [9.17, 15) is 28.0 Å². The SMILES string of the molecule is CC.CC.O=C(Nc1ccc(F)cc1)C1(C(=O)Nc2ccc(F)cc2)CC1.O=C(Nc1ccccc1)C1(C(=O)Nc2ccccc2)CC1. The normalized spacial score (nSPS) is 14.0. The Labute approximate surface area is 280 Å². The van der Waals surface area contributed by atoms with Crippen molar-refractivity contribution in [2.75, 3.05) is 21.3 Å². The topological polar surface area (TPSA) is 116 Å². The highest BCUT2D eigenvalue weighted by Gasteiger charge is 2.57. The number of nitrogens with one attached hydrogen (secondary N) is 4. The average molecular weight is 657 g/mol. The van der Waals surface area contributed by atoms with Crippen LogP contribution in [-0.4, -0.2) is 23.6 Å². The number of para-hydroxylation sites is 2. The first-order chi connectivity index (χ1) is 23.2. The van der Waals surface area contributed by atoms with Gasteiger partial charge in [-0.25, -0.2) is 8.78 Å². The quantitative estimate of drug-likeness (QED) is 0.143. The molecule has 0 aliphatic heterocycles. The highest BCUT2D eigenvalue weighted by Crippen LogP contribution is 2.48. The van der Waals surface area contributed by atoms with E-state index in [-0.39, 0.29) is 11.8 Å². The van der Waals surface area contributed by atoms with Crippen LogP contribution in [0.25, 0.3) is 0 Å². The molecule has 2 fully saturated rings. The molecule has 10 heteroatoms. The van der Waals surface area contributed by atoms with Crippen molar-refractivity contribution in [3.63, 3.8) is 0 Å². The Bertz CT molecular complexity index is 1520. The number of hydrogen-bond acceptors (Lipinski definition) is 4. The molecule has 0 radical (unpaired) electrons. The number of amides is 4. The lowest BCUT2D eigenvalue weighted by Crippen LogP contribution is -2.35. The van der Waals surface area contributed by atoms with Crippen molar-refractivity contribution in [1.29, 1.82) is 0 Å². The van der Waals surface area contributed by atoms with Crippen molar-refractivity contribution in [2.24, 2.45) is 10.8 Å². The van der Waals surface area contributed by atoms with Crippen LogP contribution in [0.5, 0.6) is 0 Å². The van der Waals surface area contributed by atoms with Gasteiger partial charge in [-0.3, -0.25) is 19.2 Å². The van der Waals surface area contributed by atoms with E-state index >= 15 is 0 Å². The van der Waals surface area contributed by atoms with E-state index in [2.05, 4.69) is 21.3 Å². The Kier molecular flexibility index (Phi) is 13.5. The summed E-state index contributed by atoms with van der Waals surface area (Å²) >= 11 is 0. The summed E-state index contributed by atoms with van der Waals surface area (Å²) < 4.78 is 25.7. The third kappa shape index (κ3) is 9.81. The van der Waals surface area contributed by atoms with E-state index in [1.54, 1.807) is 0 Å². The van der Waals surface area contributed by atoms with Crippen LogP contribution in [0, 0.1) is 22.5 Å². The molecule has 0 heterocycles. The van der Waals surface area contributed by atoms with Gasteiger partial charge in [0.1, 0.15) is 22.5 Å². The molecule has 0 bridgehead atoms. The van der Waals surface area contributed by atoms with Crippen molar-refractivity contribution in [1.82, 2.24) is 0 Å². The summed E-state index contributed by atoms with van der Waals surface area (Å²) in [4.78, 5) is 49.4. The van der Waals surface area contributed by atoms with Gasteiger partial charge in [0.05, 0.1) is 0 Å². The molecule has 0 atom stereocenters. The zero-order valence-electron chi connectivity index (χ0n) is 27.6. The molecular weight excluding hydrogens is 614 g/mol. The van der Waals surface area contributed by atoms with Crippen molar-refractivity contribution in [2.45, 2.75) is 53.4 Å². The molecular formula is C38H42F2N4O4. The highest BCUT2D eigenvalue weighted by atomic mass is 19.1. The van der Waals surface area contributed by atoms with Gasteiger partial charge in [-0.1, -0.05) is 64.1 Å². The fourth-order valence-corrected chi connectivity index (χ4v) is 4.48. The predicted octanol–water partition coefficient (Wildman–Crippen LogP) is 8.42. The minimum Gasteiger partial charge on any atom is -0.325 e. The van der Waals surface area contributed by atoms with Gasteiger partial charge in [0, 0.05) is 22.7 Å². The number of benzene rings is 4. The smallest absolute Gasteiger partial charge is 0.240 e. The van der Waals surface area contributed by atoms with Crippen molar-refractivity contribution < 1.29 is 28.0 Å². The first-order valence-corrected chi connectivity index (χ1v) is 16.1. The molecule has 4 amide bonds. The largest absolute Gasteiger partial charge is 0.325 e. The molecule has 2 aliphatic rings. The fraction of sp³-hybridized carbons (Fsp3) is 0.263. The van der Waals surface area contributed by atoms with Crippen molar-refractivity contribution in [3.8, 4) is 0 Å². The van der Waals surface area contributed by atoms with Crippen molar-refractivity contribution in [3.05, 3.63) is 121 Å². The maximum Gasteiger partial charge on any atom is 0.240 e. The molecule has 0 saturated heterocycles. The number of rotatable bonds is 8.